The molecule has 1 unspecified atom stereocenters. The molecule has 3 aliphatic heterocycles. The van der Waals surface area contributed by atoms with Gasteiger partial charge in [0.25, 0.3) is 0 Å². The Morgan fingerprint density at radius 3 is 3.00 bits per heavy atom. The number of hydroxylamine groups is 3. The lowest BCUT2D eigenvalue weighted by atomic mass is 9.66. The molecule has 1 aromatic carbocycles. The van der Waals surface area contributed by atoms with Crippen LogP contribution >= 0.6 is 0 Å². The number of amides is 1. The number of nitrogens with one attached hydrogen (secondary N) is 1. The van der Waals surface area contributed by atoms with Crippen molar-refractivity contribution in [1.82, 2.24) is 0 Å². The van der Waals surface area contributed by atoms with E-state index in [9.17, 15) is 10.0 Å². The van der Waals surface area contributed by atoms with Gasteiger partial charge in [-0.25, -0.2) is 0 Å². The van der Waals surface area contributed by atoms with E-state index in [0.717, 1.165) is 36.9 Å². The van der Waals surface area contributed by atoms with Gasteiger partial charge in [-0.1, -0.05) is 25.1 Å². The molecule has 4 nitrogen and oxygen atoms in total. The zero-order valence-electron chi connectivity index (χ0n) is 13.7. The molecule has 1 fully saturated rings. The molecule has 0 spiro atoms. The minimum Gasteiger partial charge on any atom is -0.632 e. The Morgan fingerprint density at radius 2 is 2.17 bits per heavy atom. The van der Waals surface area contributed by atoms with Gasteiger partial charge < -0.3 is 15.2 Å². The van der Waals surface area contributed by atoms with Crippen LogP contribution in [-0.4, -0.2) is 29.7 Å². The number of carbonyl (C=O) groups excluding carboxylic acids is 1. The largest absolute Gasteiger partial charge is 0.632 e. The number of carbonyl (C=O) groups is 1. The van der Waals surface area contributed by atoms with Gasteiger partial charge in [0.2, 0.25) is 5.91 Å². The van der Waals surface area contributed by atoms with E-state index in [1.807, 2.05) is 18.2 Å². The summed E-state index contributed by atoms with van der Waals surface area (Å²) in [5, 5.41) is 16.6. The van der Waals surface area contributed by atoms with Crippen molar-refractivity contribution in [2.75, 3.05) is 18.4 Å². The molecular weight excluding hydrogens is 288 g/mol. The number of rotatable bonds is 1. The minimum atomic E-state index is -0.119. The number of hydrogen-bond donors (Lipinski definition) is 1. The first-order chi connectivity index (χ1) is 11.1. The first-order valence-electron chi connectivity index (χ1n) is 8.75. The molecule has 0 bridgehead atoms. The Balaban J connectivity index is 1.91. The maximum atomic E-state index is 13.5. The summed E-state index contributed by atoms with van der Waals surface area (Å²) in [7, 11) is 0. The van der Waals surface area contributed by atoms with Crippen LogP contribution in [0.3, 0.4) is 0 Å². The quantitative estimate of drug-likeness (QED) is 0.635. The molecule has 1 N–H and O–H groups in total. The molecule has 0 aromatic heterocycles. The van der Waals surface area contributed by atoms with Crippen molar-refractivity contribution < 1.29 is 9.44 Å². The highest BCUT2D eigenvalue weighted by Crippen LogP contribution is 2.54. The fraction of sp³-hybridized carbons (Fsp3) is 0.526. The van der Waals surface area contributed by atoms with Crippen LogP contribution in [0.25, 0.3) is 5.57 Å². The molecule has 4 heteroatoms. The summed E-state index contributed by atoms with van der Waals surface area (Å²) < 4.78 is -0.119. The summed E-state index contributed by atoms with van der Waals surface area (Å²) in [6, 6.07) is 7.93. The molecule has 3 aliphatic rings. The van der Waals surface area contributed by atoms with Gasteiger partial charge in [0, 0.05) is 28.7 Å². The monoisotopic (exact) mass is 312 g/mol. The minimum absolute atomic E-state index is 0.0184. The highest BCUT2D eigenvalue weighted by atomic mass is 16.5. The topological polar surface area (TPSA) is 52.2 Å². The Kier molecular flexibility index (Phi) is 3.36. The van der Waals surface area contributed by atoms with Gasteiger partial charge in [0.1, 0.15) is 6.04 Å². The number of quaternary nitrogens is 1. The Bertz CT molecular complexity index is 684. The van der Waals surface area contributed by atoms with E-state index in [2.05, 4.69) is 24.4 Å². The third-order valence-electron chi connectivity index (χ3n) is 6.24. The van der Waals surface area contributed by atoms with E-state index in [1.165, 1.54) is 5.57 Å². The zero-order chi connectivity index (χ0) is 16.1. The Labute approximate surface area is 137 Å². The van der Waals surface area contributed by atoms with Gasteiger partial charge in [0.15, 0.2) is 0 Å². The van der Waals surface area contributed by atoms with E-state index in [0.29, 0.717) is 19.5 Å². The predicted molar refractivity (Wildman–Crippen MR) is 91.4 cm³/mol. The first-order valence-corrected chi connectivity index (χ1v) is 8.75. The van der Waals surface area contributed by atoms with E-state index in [4.69, 9.17) is 0 Å². The summed E-state index contributed by atoms with van der Waals surface area (Å²) in [5.41, 5.74) is 3.02. The van der Waals surface area contributed by atoms with Crippen molar-refractivity contribution >= 4 is 17.2 Å². The Morgan fingerprint density at radius 1 is 1.35 bits per heavy atom. The van der Waals surface area contributed by atoms with Gasteiger partial charge in [0.05, 0.1) is 13.1 Å². The summed E-state index contributed by atoms with van der Waals surface area (Å²) in [4.78, 5) is 12.4. The summed E-state index contributed by atoms with van der Waals surface area (Å²) in [5.74, 6) is 0.0698. The molecule has 1 saturated heterocycles. The van der Waals surface area contributed by atoms with Crippen LogP contribution in [0.4, 0.5) is 5.69 Å². The van der Waals surface area contributed by atoms with Gasteiger partial charge in [-0.05, 0) is 37.8 Å². The molecule has 3 heterocycles. The Hall–Kier alpha value is -1.65. The fourth-order valence-electron chi connectivity index (χ4n) is 5.09. The lowest BCUT2D eigenvalue weighted by Crippen LogP contribution is -2.59. The number of nitrogens with zero attached hydrogens (tertiary/aromatic N) is 1. The van der Waals surface area contributed by atoms with E-state index in [1.54, 1.807) is 0 Å². The second kappa shape index (κ2) is 5.18. The van der Waals surface area contributed by atoms with Crippen molar-refractivity contribution in [1.29, 1.82) is 0 Å². The summed E-state index contributed by atoms with van der Waals surface area (Å²) in [6.07, 6.45) is 6.46. The molecule has 23 heavy (non-hydrogen) atoms. The van der Waals surface area contributed by atoms with Crippen LogP contribution < -0.4 is 5.32 Å². The highest BCUT2D eigenvalue weighted by molar-refractivity contribution is 5.95. The number of benzene rings is 1. The number of para-hydroxylation sites is 1. The third-order valence-corrected chi connectivity index (χ3v) is 6.24. The molecule has 4 rings (SSSR count). The molecule has 1 amide bonds. The molecule has 0 radical (unpaired) electrons. The van der Waals surface area contributed by atoms with Gasteiger partial charge in [-0.15, -0.1) is 0 Å². The van der Waals surface area contributed by atoms with Crippen LogP contribution in [0.15, 0.2) is 30.3 Å². The lowest BCUT2D eigenvalue weighted by molar-refractivity contribution is -0.900. The average molecular weight is 312 g/mol. The number of hydrogen-bond acceptors (Lipinski definition) is 2. The van der Waals surface area contributed by atoms with Crippen molar-refractivity contribution in [3.8, 4) is 0 Å². The third kappa shape index (κ3) is 2.16. The first kappa shape index (κ1) is 14.9. The van der Waals surface area contributed by atoms with Crippen molar-refractivity contribution in [3.05, 3.63) is 41.1 Å². The van der Waals surface area contributed by atoms with Gasteiger partial charge in [-0.2, -0.15) is 0 Å². The van der Waals surface area contributed by atoms with Crippen LogP contribution in [0.2, 0.25) is 0 Å². The molecule has 0 aliphatic carbocycles. The lowest BCUT2D eigenvalue weighted by Gasteiger charge is -2.57. The van der Waals surface area contributed by atoms with Crippen LogP contribution in [0, 0.1) is 10.6 Å². The summed E-state index contributed by atoms with van der Waals surface area (Å²) >= 11 is 0. The van der Waals surface area contributed by atoms with E-state index in [-0.39, 0.29) is 22.0 Å². The van der Waals surface area contributed by atoms with Crippen LogP contribution in [0.5, 0.6) is 0 Å². The van der Waals surface area contributed by atoms with E-state index >= 15 is 0 Å². The SMILES string of the molecule is CC[C@@]12CCC[N+]3([O-])CC=C(c4ccccc4NC(=O)CC1)[C@@H]23. The molecule has 122 valence electrons. The van der Waals surface area contributed by atoms with Crippen molar-refractivity contribution in [3.63, 3.8) is 0 Å². The maximum absolute atomic E-state index is 13.5. The van der Waals surface area contributed by atoms with Crippen LogP contribution in [-0.2, 0) is 4.79 Å². The fourth-order valence-corrected chi connectivity index (χ4v) is 5.09. The van der Waals surface area contributed by atoms with Crippen molar-refractivity contribution in [2.45, 2.75) is 45.1 Å². The number of piperidine rings is 1. The average Bonchev–Trinajstić information content (AvgIpc) is 2.93. The maximum Gasteiger partial charge on any atom is 0.224 e. The molecule has 1 aromatic rings. The van der Waals surface area contributed by atoms with Crippen molar-refractivity contribution in [2.24, 2.45) is 5.41 Å². The molecule has 0 saturated carbocycles. The summed E-state index contributed by atoms with van der Waals surface area (Å²) in [6.45, 7) is 3.47. The standard InChI is InChI=1S/C19H24N2O2/c1-2-19-10-5-12-21(23)13-9-15(18(19)21)14-6-3-4-7-16(14)20-17(22)8-11-19/h3-4,6-7,9,18H,2,5,8,10-13H2,1H3,(H,20,22)/t18-,19+,21?/m0/s1. The number of fused-ring (bicyclic) bond motifs is 2. The molecule has 3 atom stereocenters. The van der Waals surface area contributed by atoms with Gasteiger partial charge in [-0.3, -0.25) is 4.79 Å². The van der Waals surface area contributed by atoms with Crippen LogP contribution in [0.1, 0.15) is 44.6 Å². The highest BCUT2D eigenvalue weighted by Gasteiger charge is 2.54. The smallest absolute Gasteiger partial charge is 0.224 e. The second-order valence-electron chi connectivity index (χ2n) is 7.33. The van der Waals surface area contributed by atoms with Gasteiger partial charge >= 0.3 is 0 Å². The zero-order valence-corrected chi connectivity index (χ0v) is 13.7. The number of anilines is 1. The second-order valence-corrected chi connectivity index (χ2v) is 7.33. The van der Waals surface area contributed by atoms with E-state index < -0.39 is 0 Å². The predicted octanol–water partition coefficient (Wildman–Crippen LogP) is 3.69. The molecular formula is C19H24N2O2. The normalized spacial score (nSPS) is 36.0.